The summed E-state index contributed by atoms with van der Waals surface area (Å²) in [6.07, 6.45) is -1.78. The summed E-state index contributed by atoms with van der Waals surface area (Å²) in [4.78, 5) is 39.6. The largest absolute Gasteiger partial charge is 0.462 e. The van der Waals surface area contributed by atoms with Gasteiger partial charge in [-0.2, -0.15) is 0 Å². The summed E-state index contributed by atoms with van der Waals surface area (Å²) in [5.74, 6) is -5.54. The lowest BCUT2D eigenvalue weighted by atomic mass is 9.41. The van der Waals surface area contributed by atoms with Gasteiger partial charge in [-0.25, -0.2) is 4.79 Å². The zero-order chi connectivity index (χ0) is 30.3. The molecule has 0 bridgehead atoms. The number of carbonyl (C=O) groups excluding carboxylic acids is 3. The van der Waals surface area contributed by atoms with Crippen LogP contribution >= 0.6 is 0 Å². The average Bonchev–Trinajstić information content (AvgIpc) is 3.79. The third kappa shape index (κ3) is 2.65. The maximum Gasteiger partial charge on any atom is 0.341 e. The molecule has 0 aromatic rings. The van der Waals surface area contributed by atoms with E-state index in [9.17, 15) is 34.8 Å². The Morgan fingerprint density at radius 3 is 2.31 bits per heavy atom. The number of aliphatic hydroxyl groups excluding tert-OH is 3. The van der Waals surface area contributed by atoms with Gasteiger partial charge in [-0.05, 0) is 93.8 Å². The molecule has 10 nitrogen and oxygen atoms in total. The number of hydrogen-bond acceptors (Lipinski definition) is 10. The van der Waals surface area contributed by atoms with E-state index in [-0.39, 0.29) is 35.9 Å². The summed E-state index contributed by atoms with van der Waals surface area (Å²) in [5.41, 5.74) is -5.26. The van der Waals surface area contributed by atoms with Crippen molar-refractivity contribution in [2.45, 2.75) is 109 Å². The molecule has 0 aromatic carbocycles. The molecular formula is C32H44O10. The van der Waals surface area contributed by atoms with Crippen LogP contribution in [0.3, 0.4) is 0 Å². The van der Waals surface area contributed by atoms with Gasteiger partial charge in [0.15, 0.2) is 5.60 Å². The molecule has 0 amide bonds. The van der Waals surface area contributed by atoms with Gasteiger partial charge in [0.25, 0.3) is 0 Å². The van der Waals surface area contributed by atoms with Gasteiger partial charge in [-0.3, -0.25) is 9.59 Å². The topological polar surface area (TPSA) is 163 Å². The lowest BCUT2D eigenvalue weighted by Gasteiger charge is -2.64. The molecule has 6 aliphatic carbocycles. The highest BCUT2D eigenvalue weighted by Gasteiger charge is 2.92. The van der Waals surface area contributed by atoms with Crippen molar-refractivity contribution in [1.82, 2.24) is 0 Å². The second-order valence-electron chi connectivity index (χ2n) is 16.0. The smallest absolute Gasteiger partial charge is 0.341 e. The summed E-state index contributed by atoms with van der Waals surface area (Å²) in [7, 11) is 0. The van der Waals surface area contributed by atoms with Gasteiger partial charge in [0.05, 0.1) is 29.1 Å². The number of Topliss-reactive ketones (excluding diaryl/α,β-unsaturated/α-hetero) is 1. The van der Waals surface area contributed by atoms with E-state index in [1.54, 1.807) is 13.8 Å². The van der Waals surface area contributed by atoms with E-state index >= 15 is 0 Å². The summed E-state index contributed by atoms with van der Waals surface area (Å²) in [5, 5.41) is 48.2. The number of fused-ring (bicyclic) bond motifs is 9. The van der Waals surface area contributed by atoms with Crippen LogP contribution < -0.4 is 0 Å². The lowest BCUT2D eigenvalue weighted by molar-refractivity contribution is -0.239. The minimum atomic E-state index is -1.95. The van der Waals surface area contributed by atoms with Crippen LogP contribution in [0.15, 0.2) is 0 Å². The quantitative estimate of drug-likeness (QED) is 0.272. The first-order valence-corrected chi connectivity index (χ1v) is 15.9. The SMILES string of the molecule is CC(=O)O[C@H]1CC2C([C@@H]3[C@@H](O)[C@@H]4[C@H]([C@H](C)[C@H]5O[C@]56OC(=O)[C@@](C)(O)[C@]46C)[C@@]13C)[C@@H](O)C[C@H]1CC3C[C@@H]3[C@H](O)[C@]21C(C)=O. The summed E-state index contributed by atoms with van der Waals surface area (Å²) >= 11 is 0. The highest BCUT2D eigenvalue weighted by atomic mass is 16.8. The van der Waals surface area contributed by atoms with Gasteiger partial charge in [0.2, 0.25) is 5.79 Å². The lowest BCUT2D eigenvalue weighted by Crippen LogP contribution is -2.69. The van der Waals surface area contributed by atoms with Gasteiger partial charge in [0.1, 0.15) is 18.0 Å². The number of hydrogen-bond donors (Lipinski definition) is 4. The van der Waals surface area contributed by atoms with Crippen molar-refractivity contribution >= 4 is 17.7 Å². The van der Waals surface area contributed by atoms with E-state index in [4.69, 9.17) is 14.2 Å². The Balaban J connectivity index is 1.33. The number of carbonyl (C=O) groups is 3. The molecule has 0 aromatic heterocycles. The van der Waals surface area contributed by atoms with Crippen LogP contribution in [0.25, 0.3) is 0 Å². The predicted octanol–water partition coefficient (Wildman–Crippen LogP) is 1.20. The third-order valence-electron chi connectivity index (χ3n) is 14.9. The molecule has 10 heteroatoms. The van der Waals surface area contributed by atoms with Crippen LogP contribution in [0, 0.1) is 69.5 Å². The monoisotopic (exact) mass is 588 g/mol. The fraction of sp³-hybridized carbons (Fsp3) is 0.906. The first-order chi connectivity index (χ1) is 19.5. The number of esters is 2. The molecule has 1 spiro atoms. The van der Waals surface area contributed by atoms with E-state index in [1.807, 2.05) is 13.8 Å². The Bertz CT molecular complexity index is 1300. The van der Waals surface area contributed by atoms with Crippen LogP contribution in [-0.2, 0) is 28.6 Å². The molecular weight excluding hydrogens is 544 g/mol. The highest BCUT2D eigenvalue weighted by Crippen LogP contribution is 2.81. The molecule has 2 saturated heterocycles. The van der Waals surface area contributed by atoms with Gasteiger partial charge in [0, 0.05) is 18.3 Å². The van der Waals surface area contributed by atoms with Crippen molar-refractivity contribution in [3.05, 3.63) is 0 Å². The van der Waals surface area contributed by atoms with Gasteiger partial charge < -0.3 is 34.6 Å². The van der Waals surface area contributed by atoms with E-state index in [2.05, 4.69) is 0 Å². The van der Waals surface area contributed by atoms with Crippen LogP contribution in [-0.4, -0.2) is 80.1 Å². The highest BCUT2D eigenvalue weighted by molar-refractivity contribution is 5.85. The third-order valence-corrected chi connectivity index (χ3v) is 14.9. The van der Waals surface area contributed by atoms with Gasteiger partial charge in [-0.15, -0.1) is 0 Å². The maximum atomic E-state index is 13.8. The average molecular weight is 589 g/mol. The van der Waals surface area contributed by atoms with Crippen LogP contribution in [0.2, 0.25) is 0 Å². The molecule has 8 aliphatic rings. The molecule has 2 aliphatic heterocycles. The Morgan fingerprint density at radius 1 is 0.976 bits per heavy atom. The van der Waals surface area contributed by atoms with E-state index in [1.165, 1.54) is 13.8 Å². The number of ether oxygens (including phenoxy) is 3. The van der Waals surface area contributed by atoms with Crippen LogP contribution in [0.5, 0.6) is 0 Å². The standard InChI is InChI=1S/C32H44O10/c1-11-21-23(29(5)30(6,39)27(38)42-32(29)26(11)41-32)24(36)22-20-17(10-19(28(21,22)4)40-13(3)34)31(12(2)33)15(9-18(20)35)7-14-8-16(14)25(31)37/h11,14-26,35-37,39H,7-10H2,1-6H3/t11-,14?,15+,16-,17?,18-,19-,20?,21-,22+,23-,24+,25-,26+,28+,29-,30+,31-,32-/m0/s1. The Hall–Kier alpha value is -1.59. The minimum absolute atomic E-state index is 0.0393. The Labute approximate surface area is 245 Å². The second kappa shape index (κ2) is 7.79. The second-order valence-corrected chi connectivity index (χ2v) is 16.0. The normalized spacial score (nSPS) is 64.9. The first kappa shape index (κ1) is 27.9. The molecule has 42 heavy (non-hydrogen) atoms. The molecule has 4 N–H and O–H groups in total. The van der Waals surface area contributed by atoms with Crippen LogP contribution in [0.4, 0.5) is 0 Å². The first-order valence-electron chi connectivity index (χ1n) is 15.9. The van der Waals surface area contributed by atoms with Crippen molar-refractivity contribution in [3.63, 3.8) is 0 Å². The van der Waals surface area contributed by atoms with Crippen molar-refractivity contribution in [2.24, 2.45) is 69.5 Å². The van der Waals surface area contributed by atoms with Crippen molar-refractivity contribution in [3.8, 4) is 0 Å². The van der Waals surface area contributed by atoms with Crippen molar-refractivity contribution in [2.75, 3.05) is 0 Å². The molecule has 0 radical (unpaired) electrons. The minimum Gasteiger partial charge on any atom is -0.462 e. The molecule has 3 unspecified atom stereocenters. The zero-order valence-electron chi connectivity index (χ0n) is 25.1. The molecule has 6 saturated carbocycles. The summed E-state index contributed by atoms with van der Waals surface area (Å²) < 4.78 is 18.1. The summed E-state index contributed by atoms with van der Waals surface area (Å²) in [6, 6.07) is 0. The van der Waals surface area contributed by atoms with E-state index in [0.717, 1.165) is 12.8 Å². The van der Waals surface area contributed by atoms with E-state index in [0.29, 0.717) is 12.3 Å². The number of ketones is 1. The van der Waals surface area contributed by atoms with E-state index < -0.39 is 93.8 Å². The Kier molecular flexibility index (Phi) is 5.18. The summed E-state index contributed by atoms with van der Waals surface area (Å²) in [6.45, 7) is 10.1. The number of aliphatic hydroxyl groups is 4. The predicted molar refractivity (Wildman–Crippen MR) is 143 cm³/mol. The van der Waals surface area contributed by atoms with Crippen molar-refractivity contribution in [1.29, 1.82) is 0 Å². The fourth-order valence-electron chi connectivity index (χ4n) is 13.2. The van der Waals surface area contributed by atoms with Gasteiger partial charge in [-0.1, -0.05) is 13.8 Å². The molecule has 8 fully saturated rings. The maximum absolute atomic E-state index is 13.8. The molecule has 8 rings (SSSR count). The number of epoxide rings is 1. The molecule has 2 heterocycles. The zero-order valence-corrected chi connectivity index (χ0v) is 25.1. The Morgan fingerprint density at radius 2 is 1.67 bits per heavy atom. The van der Waals surface area contributed by atoms with Gasteiger partial charge >= 0.3 is 11.9 Å². The molecule has 19 atom stereocenters. The van der Waals surface area contributed by atoms with Crippen LogP contribution in [0.1, 0.15) is 67.2 Å². The fourth-order valence-corrected chi connectivity index (χ4v) is 13.2. The molecule has 232 valence electrons. The van der Waals surface area contributed by atoms with Crippen molar-refractivity contribution < 1.29 is 49.0 Å². The number of rotatable bonds is 2.